The lowest BCUT2D eigenvalue weighted by molar-refractivity contribution is 0.154. The van der Waals surface area contributed by atoms with Crippen molar-refractivity contribution in [3.8, 4) is 5.75 Å². The van der Waals surface area contributed by atoms with Gasteiger partial charge in [0.25, 0.3) is 0 Å². The maximum atomic E-state index is 6.35. The van der Waals surface area contributed by atoms with Crippen molar-refractivity contribution in [1.82, 2.24) is 9.80 Å². The molecule has 0 bridgehead atoms. The number of likely N-dealkylation sites (tertiary alicyclic amines) is 1. The van der Waals surface area contributed by atoms with Gasteiger partial charge >= 0.3 is 0 Å². The first-order valence-corrected chi connectivity index (χ1v) is 10.1. The molecule has 0 radical (unpaired) electrons. The molecular weight excluding hydrogens is 415 g/mol. The second-order valence-electron chi connectivity index (χ2n) is 7.28. The molecule has 4 rings (SSSR count). The zero-order chi connectivity index (χ0) is 17.8. The first kappa shape index (κ1) is 23.3. The van der Waals surface area contributed by atoms with E-state index < -0.39 is 0 Å². The summed E-state index contributed by atoms with van der Waals surface area (Å²) in [4.78, 5) is 5.17. The normalized spacial score (nSPS) is 20.1. The summed E-state index contributed by atoms with van der Waals surface area (Å²) in [7, 11) is 0. The molecule has 1 atom stereocenters. The summed E-state index contributed by atoms with van der Waals surface area (Å²) >= 11 is 6.35. The van der Waals surface area contributed by atoms with Crippen LogP contribution in [0.15, 0.2) is 48.5 Å². The van der Waals surface area contributed by atoms with Crippen LogP contribution in [-0.4, -0.2) is 49.1 Å². The Labute approximate surface area is 185 Å². The number of nitrogens with zero attached hydrogens (tertiary/aromatic N) is 2. The van der Waals surface area contributed by atoms with E-state index in [-0.39, 0.29) is 30.9 Å². The predicted molar refractivity (Wildman–Crippen MR) is 122 cm³/mol. The number of piperidine rings is 1. The van der Waals surface area contributed by atoms with Gasteiger partial charge < -0.3 is 9.64 Å². The van der Waals surface area contributed by atoms with Gasteiger partial charge in [0.15, 0.2) is 0 Å². The molecule has 1 saturated heterocycles. The van der Waals surface area contributed by atoms with Crippen LogP contribution >= 0.6 is 36.4 Å². The minimum Gasteiger partial charge on any atom is -0.492 e. The van der Waals surface area contributed by atoms with E-state index in [1.54, 1.807) is 0 Å². The second kappa shape index (κ2) is 11.3. The van der Waals surface area contributed by atoms with Crippen molar-refractivity contribution in [2.24, 2.45) is 0 Å². The van der Waals surface area contributed by atoms with Crippen LogP contribution in [0, 0.1) is 0 Å². The molecule has 1 unspecified atom stereocenters. The van der Waals surface area contributed by atoms with E-state index in [1.165, 1.54) is 43.5 Å². The summed E-state index contributed by atoms with van der Waals surface area (Å²) in [5, 5.41) is 0.770. The van der Waals surface area contributed by atoms with E-state index in [0.29, 0.717) is 0 Å². The Bertz CT molecular complexity index is 723. The molecule has 154 valence electrons. The summed E-state index contributed by atoms with van der Waals surface area (Å²) < 4.78 is 6.06. The predicted octanol–water partition coefficient (Wildman–Crippen LogP) is 5.45. The Morgan fingerprint density at radius 3 is 2.39 bits per heavy atom. The van der Waals surface area contributed by atoms with E-state index in [4.69, 9.17) is 16.3 Å². The molecule has 2 heterocycles. The average Bonchev–Trinajstić information content (AvgIpc) is 2.86. The Balaban J connectivity index is 0.00000140. The number of rotatable bonds is 4. The van der Waals surface area contributed by atoms with Crippen LogP contribution in [0.3, 0.4) is 0 Å². The molecule has 0 aliphatic carbocycles. The zero-order valence-corrected chi connectivity index (χ0v) is 18.4. The Morgan fingerprint density at radius 1 is 0.893 bits per heavy atom. The van der Waals surface area contributed by atoms with E-state index >= 15 is 0 Å². The van der Waals surface area contributed by atoms with E-state index in [0.717, 1.165) is 37.0 Å². The number of hydrogen-bond acceptors (Lipinski definition) is 3. The van der Waals surface area contributed by atoms with Gasteiger partial charge in [0, 0.05) is 30.2 Å². The van der Waals surface area contributed by atoms with Gasteiger partial charge in [0.2, 0.25) is 0 Å². The van der Waals surface area contributed by atoms with Crippen molar-refractivity contribution in [2.45, 2.75) is 25.3 Å². The molecule has 2 aromatic carbocycles. The van der Waals surface area contributed by atoms with Crippen LogP contribution in [0.5, 0.6) is 5.75 Å². The van der Waals surface area contributed by atoms with Crippen LogP contribution in [0.2, 0.25) is 5.02 Å². The average molecular weight is 444 g/mol. The van der Waals surface area contributed by atoms with E-state index in [9.17, 15) is 0 Å². The van der Waals surface area contributed by atoms with Gasteiger partial charge in [-0.05, 0) is 49.7 Å². The molecule has 2 aromatic rings. The molecule has 0 spiro atoms. The SMILES string of the molecule is Cl.Cl.Clc1ccc2c(c1)C(c1ccccc1)N(CCN1CCCCC1)CCO2. The highest BCUT2D eigenvalue weighted by molar-refractivity contribution is 6.30. The topological polar surface area (TPSA) is 15.7 Å². The summed E-state index contributed by atoms with van der Waals surface area (Å²) in [6, 6.07) is 17.0. The molecule has 0 aromatic heterocycles. The molecule has 1 fully saturated rings. The lowest BCUT2D eigenvalue weighted by Gasteiger charge is -2.34. The van der Waals surface area contributed by atoms with Gasteiger partial charge in [-0.25, -0.2) is 0 Å². The van der Waals surface area contributed by atoms with Gasteiger partial charge in [-0.3, -0.25) is 4.90 Å². The molecular formula is C22H29Cl3N2O. The van der Waals surface area contributed by atoms with Gasteiger partial charge in [0.1, 0.15) is 12.4 Å². The summed E-state index contributed by atoms with van der Waals surface area (Å²) in [6.45, 7) is 6.30. The van der Waals surface area contributed by atoms with Gasteiger partial charge in [0.05, 0.1) is 6.04 Å². The minimum atomic E-state index is 0. The fraction of sp³-hybridized carbons (Fsp3) is 0.455. The molecule has 0 N–H and O–H groups in total. The third-order valence-corrected chi connectivity index (χ3v) is 5.77. The monoisotopic (exact) mass is 442 g/mol. The number of halogens is 3. The largest absolute Gasteiger partial charge is 0.492 e. The molecule has 3 nitrogen and oxygen atoms in total. The number of ether oxygens (including phenoxy) is 1. The molecule has 2 aliphatic rings. The zero-order valence-electron chi connectivity index (χ0n) is 16.1. The van der Waals surface area contributed by atoms with Crippen LogP contribution in [0.1, 0.15) is 36.4 Å². The first-order chi connectivity index (χ1) is 12.8. The fourth-order valence-electron chi connectivity index (χ4n) is 4.18. The number of hydrogen-bond donors (Lipinski definition) is 0. The highest BCUT2D eigenvalue weighted by Crippen LogP contribution is 2.38. The maximum Gasteiger partial charge on any atom is 0.124 e. The lowest BCUT2D eigenvalue weighted by Crippen LogP contribution is -2.40. The highest BCUT2D eigenvalue weighted by atomic mass is 35.5. The summed E-state index contributed by atoms with van der Waals surface area (Å²) in [5.74, 6) is 0.962. The van der Waals surface area contributed by atoms with Crippen molar-refractivity contribution in [3.63, 3.8) is 0 Å². The fourth-order valence-corrected chi connectivity index (χ4v) is 4.36. The van der Waals surface area contributed by atoms with Crippen LogP contribution in [0.25, 0.3) is 0 Å². The van der Waals surface area contributed by atoms with E-state index in [1.807, 2.05) is 12.1 Å². The Hall–Kier alpha value is -0.970. The lowest BCUT2D eigenvalue weighted by atomic mass is 9.96. The quantitative estimate of drug-likeness (QED) is 0.624. The van der Waals surface area contributed by atoms with Crippen molar-refractivity contribution < 1.29 is 4.74 Å². The van der Waals surface area contributed by atoms with Gasteiger partial charge in [-0.15, -0.1) is 24.8 Å². The summed E-state index contributed by atoms with van der Waals surface area (Å²) in [5.41, 5.74) is 2.49. The van der Waals surface area contributed by atoms with Crippen LogP contribution in [-0.2, 0) is 0 Å². The maximum absolute atomic E-state index is 6.35. The molecule has 0 amide bonds. The minimum absolute atomic E-state index is 0. The highest BCUT2D eigenvalue weighted by Gasteiger charge is 2.28. The summed E-state index contributed by atoms with van der Waals surface area (Å²) in [6.07, 6.45) is 4.06. The van der Waals surface area contributed by atoms with Crippen LogP contribution in [0.4, 0.5) is 0 Å². The number of fused-ring (bicyclic) bond motifs is 1. The van der Waals surface area contributed by atoms with Crippen molar-refractivity contribution in [3.05, 3.63) is 64.7 Å². The Kier molecular flexibility index (Phi) is 9.39. The third-order valence-electron chi connectivity index (χ3n) is 5.54. The van der Waals surface area contributed by atoms with Gasteiger partial charge in [-0.1, -0.05) is 48.4 Å². The molecule has 0 saturated carbocycles. The molecule has 2 aliphatic heterocycles. The molecule has 6 heteroatoms. The Morgan fingerprint density at radius 2 is 1.64 bits per heavy atom. The first-order valence-electron chi connectivity index (χ1n) is 9.75. The second-order valence-corrected chi connectivity index (χ2v) is 7.72. The van der Waals surface area contributed by atoms with Crippen molar-refractivity contribution in [2.75, 3.05) is 39.3 Å². The standard InChI is InChI=1S/C22H27ClN2O.2ClH/c23-19-9-10-21-20(17-19)22(18-7-3-1-4-8-18)25(15-16-26-21)14-13-24-11-5-2-6-12-24;;/h1,3-4,7-10,17,22H,2,5-6,11-16H2;2*1H. The van der Waals surface area contributed by atoms with Gasteiger partial charge in [-0.2, -0.15) is 0 Å². The molecule has 28 heavy (non-hydrogen) atoms. The van der Waals surface area contributed by atoms with E-state index in [2.05, 4.69) is 46.2 Å². The smallest absolute Gasteiger partial charge is 0.124 e. The third kappa shape index (κ3) is 5.55. The van der Waals surface area contributed by atoms with Crippen LogP contribution < -0.4 is 4.74 Å². The number of benzene rings is 2. The van der Waals surface area contributed by atoms with Crippen molar-refractivity contribution >= 4 is 36.4 Å². The van der Waals surface area contributed by atoms with Crippen molar-refractivity contribution in [1.29, 1.82) is 0 Å².